The molecule has 3 heteroatoms. The van der Waals surface area contributed by atoms with Crippen molar-refractivity contribution in [2.45, 2.75) is 124 Å². The third kappa shape index (κ3) is 16.7. The quantitative estimate of drug-likeness (QED) is 0.238. The van der Waals surface area contributed by atoms with Gasteiger partial charge in [-0.05, 0) is 19.3 Å². The molecule has 0 saturated carbocycles. The van der Waals surface area contributed by atoms with Crippen LogP contribution in [0.1, 0.15) is 124 Å². The Labute approximate surface area is 164 Å². The van der Waals surface area contributed by atoms with Crippen molar-refractivity contribution in [3.8, 4) is 0 Å². The molecule has 0 aliphatic carbocycles. The van der Waals surface area contributed by atoms with Crippen molar-refractivity contribution in [3.63, 3.8) is 0 Å². The molecular weight excluding hydrogens is 320 g/mol. The van der Waals surface area contributed by atoms with Gasteiger partial charge in [-0.3, -0.25) is 0 Å². The van der Waals surface area contributed by atoms with E-state index in [-0.39, 0.29) is 6.03 Å². The summed E-state index contributed by atoms with van der Waals surface area (Å²) in [4.78, 5) is 14.6. The molecular formula is C23H48N2O. The van der Waals surface area contributed by atoms with Crippen LogP contribution in [0.2, 0.25) is 0 Å². The fraction of sp³-hybridized carbons (Fsp3) is 0.957. The lowest BCUT2D eigenvalue weighted by Crippen LogP contribution is -2.41. The first kappa shape index (κ1) is 25.3. The van der Waals surface area contributed by atoms with Crippen molar-refractivity contribution in [1.82, 2.24) is 10.2 Å². The van der Waals surface area contributed by atoms with Gasteiger partial charge in [0.25, 0.3) is 0 Å². The zero-order chi connectivity index (χ0) is 19.3. The van der Waals surface area contributed by atoms with Crippen LogP contribution < -0.4 is 5.32 Å². The third-order valence-corrected chi connectivity index (χ3v) is 5.16. The van der Waals surface area contributed by atoms with E-state index in [1.165, 1.54) is 83.5 Å². The van der Waals surface area contributed by atoms with E-state index in [1.807, 2.05) is 0 Å². The predicted octanol–water partition coefficient (Wildman–Crippen LogP) is 7.30. The molecule has 0 saturated heterocycles. The zero-order valence-corrected chi connectivity index (χ0v) is 18.3. The second-order valence-electron chi connectivity index (χ2n) is 7.82. The van der Waals surface area contributed by atoms with Crippen LogP contribution in [0.5, 0.6) is 0 Å². The highest BCUT2D eigenvalue weighted by molar-refractivity contribution is 5.74. The molecule has 156 valence electrons. The van der Waals surface area contributed by atoms with Crippen LogP contribution >= 0.6 is 0 Å². The maximum atomic E-state index is 12.5. The number of unbranched alkanes of at least 4 members (excludes halogenated alkanes) is 13. The van der Waals surface area contributed by atoms with Gasteiger partial charge >= 0.3 is 6.03 Å². The Morgan fingerprint density at radius 2 is 0.962 bits per heavy atom. The van der Waals surface area contributed by atoms with Gasteiger partial charge in [-0.2, -0.15) is 0 Å². The van der Waals surface area contributed by atoms with Crippen molar-refractivity contribution in [2.75, 3.05) is 19.6 Å². The Morgan fingerprint density at radius 3 is 1.42 bits per heavy atom. The van der Waals surface area contributed by atoms with Gasteiger partial charge in [-0.1, -0.05) is 104 Å². The fourth-order valence-electron chi connectivity index (χ4n) is 3.34. The van der Waals surface area contributed by atoms with Crippen LogP contribution in [0.3, 0.4) is 0 Å². The lowest BCUT2D eigenvalue weighted by molar-refractivity contribution is 0.195. The predicted molar refractivity (Wildman–Crippen MR) is 116 cm³/mol. The number of hydrogen-bond acceptors (Lipinski definition) is 1. The molecule has 2 amide bonds. The molecule has 3 nitrogen and oxygen atoms in total. The number of carbonyl (C=O) groups is 1. The topological polar surface area (TPSA) is 32.3 Å². The summed E-state index contributed by atoms with van der Waals surface area (Å²) in [5.41, 5.74) is 0. The van der Waals surface area contributed by atoms with Crippen LogP contribution in [0.25, 0.3) is 0 Å². The molecule has 0 heterocycles. The molecule has 0 bridgehead atoms. The van der Waals surface area contributed by atoms with E-state index >= 15 is 0 Å². The molecule has 0 rings (SSSR count). The minimum Gasteiger partial charge on any atom is -0.338 e. The van der Waals surface area contributed by atoms with E-state index in [9.17, 15) is 4.79 Å². The minimum atomic E-state index is 0.171. The Morgan fingerprint density at radius 1 is 0.577 bits per heavy atom. The van der Waals surface area contributed by atoms with E-state index < -0.39 is 0 Å². The van der Waals surface area contributed by atoms with Crippen LogP contribution in [-0.2, 0) is 0 Å². The lowest BCUT2D eigenvalue weighted by atomic mass is 10.1. The molecule has 0 aromatic rings. The van der Waals surface area contributed by atoms with Gasteiger partial charge in [0.1, 0.15) is 0 Å². The maximum Gasteiger partial charge on any atom is 0.317 e. The van der Waals surface area contributed by atoms with E-state index in [2.05, 4.69) is 31.0 Å². The summed E-state index contributed by atoms with van der Waals surface area (Å²) in [6.07, 6.45) is 20.3. The van der Waals surface area contributed by atoms with E-state index in [0.29, 0.717) is 0 Å². The molecule has 0 radical (unpaired) electrons. The Balaban J connectivity index is 3.98. The number of amides is 2. The Bertz CT molecular complexity index is 280. The molecule has 0 spiro atoms. The highest BCUT2D eigenvalue weighted by atomic mass is 16.2. The Kier molecular flexibility index (Phi) is 20.0. The molecule has 0 aliphatic rings. The van der Waals surface area contributed by atoms with E-state index in [4.69, 9.17) is 0 Å². The molecule has 0 atom stereocenters. The molecule has 1 N–H and O–H groups in total. The number of carbonyl (C=O) groups excluding carboxylic acids is 1. The molecule has 0 unspecified atom stereocenters. The van der Waals surface area contributed by atoms with Crippen molar-refractivity contribution in [3.05, 3.63) is 0 Å². The monoisotopic (exact) mass is 368 g/mol. The first-order chi connectivity index (χ1) is 12.8. The minimum absolute atomic E-state index is 0.171. The summed E-state index contributed by atoms with van der Waals surface area (Å²) in [5, 5.41) is 3.16. The van der Waals surface area contributed by atoms with Gasteiger partial charge in [-0.15, -0.1) is 0 Å². The van der Waals surface area contributed by atoms with Crippen molar-refractivity contribution < 1.29 is 4.79 Å². The van der Waals surface area contributed by atoms with Crippen LogP contribution in [0.15, 0.2) is 0 Å². The summed E-state index contributed by atoms with van der Waals surface area (Å²) >= 11 is 0. The van der Waals surface area contributed by atoms with Gasteiger partial charge in [0.05, 0.1) is 0 Å². The zero-order valence-electron chi connectivity index (χ0n) is 18.3. The van der Waals surface area contributed by atoms with Gasteiger partial charge in [0.2, 0.25) is 0 Å². The van der Waals surface area contributed by atoms with Crippen LogP contribution in [-0.4, -0.2) is 30.6 Å². The number of rotatable bonds is 19. The summed E-state index contributed by atoms with van der Waals surface area (Å²) in [5.74, 6) is 0. The number of nitrogens with one attached hydrogen (secondary N) is 1. The first-order valence-corrected chi connectivity index (χ1v) is 11.8. The normalized spacial score (nSPS) is 10.9. The van der Waals surface area contributed by atoms with Gasteiger partial charge in [0, 0.05) is 19.6 Å². The smallest absolute Gasteiger partial charge is 0.317 e. The van der Waals surface area contributed by atoms with Gasteiger partial charge in [-0.25, -0.2) is 4.79 Å². The van der Waals surface area contributed by atoms with Crippen molar-refractivity contribution in [2.24, 2.45) is 0 Å². The first-order valence-electron chi connectivity index (χ1n) is 11.8. The average molecular weight is 369 g/mol. The standard InChI is InChI=1S/C23H48N2O/c1-4-7-10-13-14-17-20-24-23(26)25(21-18-15-11-8-5-2)22-19-16-12-9-6-3/h4-22H2,1-3H3,(H,24,26). The third-order valence-electron chi connectivity index (χ3n) is 5.16. The highest BCUT2D eigenvalue weighted by Gasteiger charge is 2.12. The lowest BCUT2D eigenvalue weighted by Gasteiger charge is -2.23. The summed E-state index contributed by atoms with van der Waals surface area (Å²) in [6, 6.07) is 0.171. The summed E-state index contributed by atoms with van der Waals surface area (Å²) in [7, 11) is 0. The number of urea groups is 1. The molecule has 0 aromatic heterocycles. The van der Waals surface area contributed by atoms with Gasteiger partial charge in [0.15, 0.2) is 0 Å². The van der Waals surface area contributed by atoms with Crippen LogP contribution in [0.4, 0.5) is 4.79 Å². The summed E-state index contributed by atoms with van der Waals surface area (Å²) < 4.78 is 0. The maximum absolute atomic E-state index is 12.5. The van der Waals surface area contributed by atoms with Crippen molar-refractivity contribution in [1.29, 1.82) is 0 Å². The average Bonchev–Trinajstić information content (AvgIpc) is 2.65. The summed E-state index contributed by atoms with van der Waals surface area (Å²) in [6.45, 7) is 9.45. The van der Waals surface area contributed by atoms with E-state index in [0.717, 1.165) is 38.9 Å². The second-order valence-corrected chi connectivity index (χ2v) is 7.82. The molecule has 26 heavy (non-hydrogen) atoms. The van der Waals surface area contributed by atoms with Gasteiger partial charge < -0.3 is 10.2 Å². The Hall–Kier alpha value is -0.730. The van der Waals surface area contributed by atoms with Crippen LogP contribution in [0, 0.1) is 0 Å². The fourth-order valence-corrected chi connectivity index (χ4v) is 3.34. The molecule has 0 fully saturated rings. The SMILES string of the molecule is CCCCCCCCNC(=O)N(CCCCCCC)CCCCCCC. The molecule has 0 aliphatic heterocycles. The molecule has 0 aromatic carbocycles. The highest BCUT2D eigenvalue weighted by Crippen LogP contribution is 2.08. The second kappa shape index (κ2) is 20.6. The van der Waals surface area contributed by atoms with E-state index in [1.54, 1.807) is 0 Å². The number of nitrogens with zero attached hydrogens (tertiary/aromatic N) is 1. The van der Waals surface area contributed by atoms with Crippen molar-refractivity contribution >= 4 is 6.03 Å². The number of hydrogen-bond donors (Lipinski definition) is 1. The largest absolute Gasteiger partial charge is 0.338 e.